The largest absolute Gasteiger partial charge is 0.372 e. The number of nitrogens with one attached hydrogen (secondary N) is 2. The molecule has 11 heteroatoms. The Balaban J connectivity index is 1.34. The van der Waals surface area contributed by atoms with Gasteiger partial charge >= 0.3 is 0 Å². The van der Waals surface area contributed by atoms with Gasteiger partial charge in [-0.2, -0.15) is 0 Å². The highest BCUT2D eigenvalue weighted by atomic mass is 16.2. The summed E-state index contributed by atoms with van der Waals surface area (Å²) in [6.45, 7) is 4.59. The Labute approximate surface area is 251 Å². The molecule has 224 valence electrons. The molecule has 43 heavy (non-hydrogen) atoms. The first-order valence-electron chi connectivity index (χ1n) is 14.6. The molecule has 1 aromatic heterocycles. The minimum Gasteiger partial charge on any atom is -0.372 e. The molecule has 2 saturated heterocycles. The number of benzene rings is 2. The van der Waals surface area contributed by atoms with Crippen molar-refractivity contribution >= 4 is 35.0 Å². The van der Waals surface area contributed by atoms with Gasteiger partial charge in [0, 0.05) is 80.5 Å². The Morgan fingerprint density at radius 1 is 0.977 bits per heavy atom. The van der Waals surface area contributed by atoms with Crippen LogP contribution in [0.5, 0.6) is 0 Å². The summed E-state index contributed by atoms with van der Waals surface area (Å²) in [4.78, 5) is 60.6. The monoisotopic (exact) mass is 583 g/mol. The molecule has 0 bridgehead atoms. The van der Waals surface area contributed by atoms with Crippen LogP contribution in [0, 0.1) is 0 Å². The van der Waals surface area contributed by atoms with E-state index in [4.69, 9.17) is 5.73 Å². The van der Waals surface area contributed by atoms with E-state index >= 15 is 0 Å². The number of carbonyl (C=O) groups is 4. The number of pyridine rings is 1. The van der Waals surface area contributed by atoms with Crippen molar-refractivity contribution in [3.05, 3.63) is 77.5 Å². The smallest absolute Gasteiger partial charge is 0.255 e. The van der Waals surface area contributed by atoms with E-state index in [0.29, 0.717) is 59.8 Å². The van der Waals surface area contributed by atoms with Gasteiger partial charge in [0.15, 0.2) is 0 Å². The van der Waals surface area contributed by atoms with Crippen molar-refractivity contribution < 1.29 is 19.2 Å². The zero-order chi connectivity index (χ0) is 30.3. The van der Waals surface area contributed by atoms with Crippen molar-refractivity contribution in [1.29, 1.82) is 0 Å². The second kappa shape index (κ2) is 13.5. The predicted octanol–water partition coefficient (Wildman–Crippen LogP) is 2.59. The van der Waals surface area contributed by atoms with Crippen LogP contribution < -0.4 is 21.3 Å². The van der Waals surface area contributed by atoms with Crippen molar-refractivity contribution in [3.63, 3.8) is 0 Å². The van der Waals surface area contributed by atoms with Crippen LogP contribution in [0.3, 0.4) is 0 Å². The molecule has 0 unspecified atom stereocenters. The zero-order valence-corrected chi connectivity index (χ0v) is 24.3. The number of aromatic nitrogens is 1. The number of primary amides is 1. The fourth-order valence-electron chi connectivity index (χ4n) is 5.42. The number of rotatable bonds is 9. The van der Waals surface area contributed by atoms with E-state index in [-0.39, 0.29) is 17.7 Å². The van der Waals surface area contributed by atoms with Gasteiger partial charge in [0.05, 0.1) is 17.9 Å². The molecule has 4 N–H and O–H groups in total. The number of amides is 4. The number of piperazine rings is 1. The van der Waals surface area contributed by atoms with E-state index in [1.165, 1.54) is 12.6 Å². The summed E-state index contributed by atoms with van der Waals surface area (Å²) in [7, 11) is 1.71. The molecular formula is C32H37N7O4. The lowest BCUT2D eigenvalue weighted by atomic mass is 10.0. The van der Waals surface area contributed by atoms with Gasteiger partial charge in [-0.05, 0) is 67.8 Å². The molecule has 0 spiro atoms. The maximum atomic E-state index is 13.5. The molecule has 5 rings (SSSR count). The number of nitrogens with zero attached hydrogens (tertiary/aromatic N) is 4. The van der Waals surface area contributed by atoms with Gasteiger partial charge in [-0.15, -0.1) is 0 Å². The lowest BCUT2D eigenvalue weighted by molar-refractivity contribution is -0.124. The van der Waals surface area contributed by atoms with Crippen LogP contribution in [0.25, 0.3) is 11.3 Å². The number of likely N-dealkylation sites (N-methyl/N-ethyl adjacent to an activating group) is 1. The van der Waals surface area contributed by atoms with E-state index in [1.807, 2.05) is 23.1 Å². The van der Waals surface area contributed by atoms with Crippen molar-refractivity contribution in [2.75, 3.05) is 63.1 Å². The fourth-order valence-corrected chi connectivity index (χ4v) is 5.42. The van der Waals surface area contributed by atoms with Gasteiger partial charge in [0.25, 0.3) is 11.8 Å². The van der Waals surface area contributed by atoms with Gasteiger partial charge in [-0.1, -0.05) is 6.07 Å². The Bertz CT molecular complexity index is 1520. The number of carbonyl (C=O) groups excluding carboxylic acids is 4. The molecule has 2 aromatic carbocycles. The minimum absolute atomic E-state index is 0.0143. The van der Waals surface area contributed by atoms with E-state index in [9.17, 15) is 19.2 Å². The molecule has 11 nitrogen and oxygen atoms in total. The highest BCUT2D eigenvalue weighted by molar-refractivity contribution is 6.08. The summed E-state index contributed by atoms with van der Waals surface area (Å²) in [5.74, 6) is -1.17. The average Bonchev–Trinajstić information content (AvgIpc) is 3.04. The van der Waals surface area contributed by atoms with Gasteiger partial charge < -0.3 is 26.2 Å². The van der Waals surface area contributed by atoms with Crippen molar-refractivity contribution in [2.45, 2.75) is 19.3 Å². The van der Waals surface area contributed by atoms with Gasteiger partial charge in [0.1, 0.15) is 0 Å². The lowest BCUT2D eigenvalue weighted by Gasteiger charge is -2.29. The van der Waals surface area contributed by atoms with Crippen LogP contribution in [0.1, 0.15) is 50.3 Å². The number of anilines is 2. The number of piperidine rings is 1. The van der Waals surface area contributed by atoms with E-state index in [0.717, 1.165) is 38.2 Å². The quantitative estimate of drug-likeness (QED) is 0.352. The topological polar surface area (TPSA) is 141 Å². The summed E-state index contributed by atoms with van der Waals surface area (Å²) < 4.78 is 0. The van der Waals surface area contributed by atoms with Crippen molar-refractivity contribution in [1.82, 2.24) is 20.1 Å². The summed E-state index contributed by atoms with van der Waals surface area (Å²) in [6.07, 6.45) is 4.96. The standard InChI is InChI=1S/C32H37N7O4/c1-37(16-17-38-15-12-35-29(40)21-38)32(43)24-7-5-6-23(18-24)31(42)36-27-9-8-25(39-13-3-2-4-14-39)20-26(27)28-19-22(30(33)41)10-11-34-28/h5-11,18-20H,2-4,12-17,21H2,1H3,(H2,33,41)(H,35,40)(H,36,42). The summed E-state index contributed by atoms with van der Waals surface area (Å²) in [5.41, 5.74) is 9.30. The van der Waals surface area contributed by atoms with Gasteiger partial charge in [-0.3, -0.25) is 29.1 Å². The van der Waals surface area contributed by atoms with Crippen LogP contribution in [0.2, 0.25) is 0 Å². The molecule has 0 aliphatic carbocycles. The molecule has 2 aliphatic heterocycles. The van der Waals surface area contributed by atoms with Crippen LogP contribution in [0.4, 0.5) is 11.4 Å². The summed E-state index contributed by atoms with van der Waals surface area (Å²) in [5, 5.41) is 5.79. The maximum absolute atomic E-state index is 13.5. The molecule has 3 heterocycles. The third kappa shape index (κ3) is 7.36. The second-order valence-electron chi connectivity index (χ2n) is 11.0. The Morgan fingerprint density at radius 3 is 2.53 bits per heavy atom. The Kier molecular flexibility index (Phi) is 9.31. The Hall–Kier alpha value is -4.77. The van der Waals surface area contributed by atoms with E-state index in [2.05, 4.69) is 20.5 Å². The molecule has 0 atom stereocenters. The molecule has 4 amide bonds. The van der Waals surface area contributed by atoms with Crippen molar-refractivity contribution in [2.24, 2.45) is 5.73 Å². The van der Waals surface area contributed by atoms with Gasteiger partial charge in [-0.25, -0.2) is 0 Å². The number of nitrogens with two attached hydrogens (primary N) is 1. The summed E-state index contributed by atoms with van der Waals surface area (Å²) >= 11 is 0. The minimum atomic E-state index is -0.561. The molecule has 0 radical (unpaired) electrons. The normalized spacial score (nSPS) is 15.5. The fraction of sp³-hybridized carbons (Fsp3) is 0.344. The SMILES string of the molecule is CN(CCN1CCNC(=O)C1)C(=O)c1cccc(C(=O)Nc2ccc(N3CCCCC3)cc2-c2cc(C(N)=O)ccn2)c1. The van der Waals surface area contributed by atoms with E-state index < -0.39 is 5.91 Å². The molecule has 2 fully saturated rings. The molecular weight excluding hydrogens is 546 g/mol. The van der Waals surface area contributed by atoms with E-state index in [1.54, 1.807) is 48.3 Å². The lowest BCUT2D eigenvalue weighted by Crippen LogP contribution is -2.49. The first-order chi connectivity index (χ1) is 20.8. The molecule has 2 aliphatic rings. The third-order valence-corrected chi connectivity index (χ3v) is 7.88. The third-order valence-electron chi connectivity index (χ3n) is 7.88. The number of hydrogen-bond donors (Lipinski definition) is 3. The number of hydrogen-bond acceptors (Lipinski definition) is 7. The average molecular weight is 584 g/mol. The highest BCUT2D eigenvalue weighted by Crippen LogP contribution is 2.33. The molecule has 3 aromatic rings. The van der Waals surface area contributed by atoms with Crippen molar-refractivity contribution in [3.8, 4) is 11.3 Å². The second-order valence-corrected chi connectivity index (χ2v) is 11.0. The highest BCUT2D eigenvalue weighted by Gasteiger charge is 2.20. The predicted molar refractivity (Wildman–Crippen MR) is 165 cm³/mol. The maximum Gasteiger partial charge on any atom is 0.255 e. The van der Waals surface area contributed by atoms with Crippen LogP contribution >= 0.6 is 0 Å². The first kappa shape index (κ1) is 29.7. The Morgan fingerprint density at radius 2 is 1.77 bits per heavy atom. The zero-order valence-electron chi connectivity index (χ0n) is 24.3. The summed E-state index contributed by atoms with van der Waals surface area (Å²) in [6, 6.07) is 15.6. The van der Waals surface area contributed by atoms with Crippen LogP contribution in [-0.2, 0) is 4.79 Å². The van der Waals surface area contributed by atoms with Gasteiger partial charge in [0.2, 0.25) is 11.8 Å². The molecule has 0 saturated carbocycles. The van der Waals surface area contributed by atoms with Crippen LogP contribution in [-0.4, -0.2) is 91.3 Å². The van der Waals surface area contributed by atoms with Crippen LogP contribution in [0.15, 0.2) is 60.8 Å². The first-order valence-corrected chi connectivity index (χ1v) is 14.6.